The highest BCUT2D eigenvalue weighted by Gasteiger charge is 2.46. The van der Waals surface area contributed by atoms with Crippen molar-refractivity contribution in [1.29, 1.82) is 0 Å². The van der Waals surface area contributed by atoms with Gasteiger partial charge in [0, 0.05) is 18.7 Å². The maximum Gasteiger partial charge on any atom is 0.226 e. The van der Waals surface area contributed by atoms with Crippen LogP contribution in [0.2, 0.25) is 0 Å². The monoisotopic (exact) mass is 401 g/mol. The summed E-state index contributed by atoms with van der Waals surface area (Å²) >= 11 is 0. The van der Waals surface area contributed by atoms with Crippen molar-refractivity contribution in [2.45, 2.75) is 37.8 Å². The van der Waals surface area contributed by atoms with E-state index in [2.05, 4.69) is 21.7 Å². The Balaban J connectivity index is 1.31. The Morgan fingerprint density at radius 1 is 1.10 bits per heavy atom. The standard InChI is InChI=1S/C25H27N3O2/c1-25(30,24-21-10-6-5-9-20(21)22-16-26-17-28(22)24)19-11-13-27(14-12-19)23(29)15-18-7-3-2-4-8-18/h2-10,16-17,19,24,30H,11-15H2,1H3/t24?,25-/m0/s1. The first kappa shape index (κ1) is 19.1. The minimum absolute atomic E-state index is 0.115. The molecule has 2 aliphatic rings. The quantitative estimate of drug-likeness (QED) is 0.725. The van der Waals surface area contributed by atoms with E-state index in [0.717, 1.165) is 35.2 Å². The Morgan fingerprint density at radius 3 is 2.57 bits per heavy atom. The van der Waals surface area contributed by atoms with Gasteiger partial charge in [0.15, 0.2) is 0 Å². The van der Waals surface area contributed by atoms with E-state index in [1.54, 1.807) is 0 Å². The zero-order chi connectivity index (χ0) is 20.7. The average Bonchev–Trinajstić information content (AvgIpc) is 3.35. The molecule has 5 rings (SSSR count). The molecule has 5 heteroatoms. The number of carbonyl (C=O) groups excluding carboxylic acids is 1. The molecule has 0 saturated carbocycles. The number of fused-ring (bicyclic) bond motifs is 3. The van der Waals surface area contributed by atoms with Gasteiger partial charge in [0.25, 0.3) is 0 Å². The van der Waals surface area contributed by atoms with Crippen LogP contribution >= 0.6 is 0 Å². The highest BCUT2D eigenvalue weighted by molar-refractivity contribution is 5.78. The van der Waals surface area contributed by atoms with Crippen molar-refractivity contribution in [3.63, 3.8) is 0 Å². The van der Waals surface area contributed by atoms with E-state index in [4.69, 9.17) is 0 Å². The van der Waals surface area contributed by atoms with E-state index < -0.39 is 5.60 Å². The largest absolute Gasteiger partial charge is 0.387 e. The summed E-state index contributed by atoms with van der Waals surface area (Å²) < 4.78 is 2.11. The van der Waals surface area contributed by atoms with Gasteiger partial charge >= 0.3 is 0 Å². The number of hydrogen-bond acceptors (Lipinski definition) is 3. The van der Waals surface area contributed by atoms with Crippen LogP contribution in [-0.4, -0.2) is 44.2 Å². The molecule has 1 unspecified atom stereocenters. The Morgan fingerprint density at radius 2 is 1.80 bits per heavy atom. The maximum atomic E-state index is 12.7. The molecule has 154 valence electrons. The number of carbonyl (C=O) groups is 1. The second-order valence-corrected chi connectivity index (χ2v) is 8.72. The fourth-order valence-corrected chi connectivity index (χ4v) is 5.25. The van der Waals surface area contributed by atoms with Crippen LogP contribution in [0.4, 0.5) is 0 Å². The molecule has 1 aromatic heterocycles. The van der Waals surface area contributed by atoms with E-state index in [-0.39, 0.29) is 17.9 Å². The molecule has 1 N–H and O–H groups in total. The third-order valence-electron chi connectivity index (χ3n) is 6.90. The average molecular weight is 402 g/mol. The summed E-state index contributed by atoms with van der Waals surface area (Å²) in [6.07, 6.45) is 5.75. The zero-order valence-corrected chi connectivity index (χ0v) is 17.2. The lowest BCUT2D eigenvalue weighted by Crippen LogP contribution is -2.49. The molecule has 2 aromatic carbocycles. The van der Waals surface area contributed by atoms with E-state index in [9.17, 15) is 9.90 Å². The van der Waals surface area contributed by atoms with Crippen molar-refractivity contribution in [2.24, 2.45) is 5.92 Å². The lowest BCUT2D eigenvalue weighted by molar-refractivity contribution is -0.134. The van der Waals surface area contributed by atoms with E-state index >= 15 is 0 Å². The molecule has 2 aliphatic heterocycles. The molecule has 0 spiro atoms. The number of amides is 1. The van der Waals surface area contributed by atoms with Gasteiger partial charge in [-0.1, -0.05) is 54.6 Å². The summed E-state index contributed by atoms with van der Waals surface area (Å²) in [6, 6.07) is 18.0. The molecule has 0 bridgehead atoms. The molecule has 1 fully saturated rings. The first-order valence-electron chi connectivity index (χ1n) is 10.7. The Kier molecular flexibility index (Phi) is 4.70. The van der Waals surface area contributed by atoms with Gasteiger partial charge < -0.3 is 14.6 Å². The summed E-state index contributed by atoms with van der Waals surface area (Å²) in [5, 5.41) is 11.8. The lowest BCUT2D eigenvalue weighted by Gasteiger charge is -2.43. The number of nitrogens with zero attached hydrogens (tertiary/aromatic N) is 3. The normalized spacial score (nSPS) is 20.5. The predicted octanol–water partition coefficient (Wildman–Crippen LogP) is 3.69. The summed E-state index contributed by atoms with van der Waals surface area (Å²) in [5.41, 5.74) is 3.49. The molecule has 0 aliphatic carbocycles. The van der Waals surface area contributed by atoms with Gasteiger partial charge in [-0.3, -0.25) is 4.79 Å². The molecule has 0 radical (unpaired) electrons. The van der Waals surface area contributed by atoms with Gasteiger partial charge in [-0.25, -0.2) is 4.98 Å². The number of aliphatic hydroxyl groups is 1. The molecule has 2 atom stereocenters. The smallest absolute Gasteiger partial charge is 0.226 e. The number of piperidine rings is 1. The minimum Gasteiger partial charge on any atom is -0.387 e. The Hall–Kier alpha value is -2.92. The van der Waals surface area contributed by atoms with Crippen molar-refractivity contribution >= 4 is 5.91 Å². The second kappa shape index (κ2) is 7.40. The van der Waals surface area contributed by atoms with Gasteiger partial charge in [0.2, 0.25) is 5.91 Å². The van der Waals surface area contributed by atoms with Crippen LogP contribution in [0.1, 0.15) is 36.9 Å². The van der Waals surface area contributed by atoms with Gasteiger partial charge in [-0.2, -0.15) is 0 Å². The van der Waals surface area contributed by atoms with Crippen molar-refractivity contribution in [2.75, 3.05) is 13.1 Å². The van der Waals surface area contributed by atoms with Crippen molar-refractivity contribution in [3.05, 3.63) is 78.2 Å². The Labute approximate surface area is 177 Å². The number of aromatic nitrogens is 2. The number of rotatable bonds is 4. The zero-order valence-electron chi connectivity index (χ0n) is 17.2. The van der Waals surface area contributed by atoms with Crippen molar-refractivity contribution in [1.82, 2.24) is 14.5 Å². The topological polar surface area (TPSA) is 58.4 Å². The summed E-state index contributed by atoms with van der Waals surface area (Å²) in [4.78, 5) is 19.0. The van der Waals surface area contributed by atoms with Crippen LogP contribution in [0.25, 0.3) is 11.3 Å². The van der Waals surface area contributed by atoms with Crippen LogP contribution in [0.15, 0.2) is 67.1 Å². The van der Waals surface area contributed by atoms with Gasteiger partial charge in [0.05, 0.1) is 36.3 Å². The van der Waals surface area contributed by atoms with Gasteiger partial charge in [-0.15, -0.1) is 0 Å². The summed E-state index contributed by atoms with van der Waals surface area (Å²) in [7, 11) is 0. The van der Waals surface area contributed by atoms with Gasteiger partial charge in [0.1, 0.15) is 0 Å². The van der Waals surface area contributed by atoms with E-state index in [0.29, 0.717) is 19.5 Å². The predicted molar refractivity (Wildman–Crippen MR) is 116 cm³/mol. The SMILES string of the molecule is C[C@](O)(C1CCN(C(=O)Cc2ccccc2)CC1)C1c2ccccc2-c2cncn21. The molecule has 3 heterocycles. The molecule has 30 heavy (non-hydrogen) atoms. The molecule has 1 saturated heterocycles. The van der Waals surface area contributed by atoms with Crippen LogP contribution < -0.4 is 0 Å². The summed E-state index contributed by atoms with van der Waals surface area (Å²) in [6.45, 7) is 3.34. The van der Waals surface area contributed by atoms with Crippen molar-refractivity contribution < 1.29 is 9.90 Å². The highest BCUT2D eigenvalue weighted by Crippen LogP contribution is 2.48. The lowest BCUT2D eigenvalue weighted by atomic mass is 9.75. The van der Waals surface area contributed by atoms with Crippen molar-refractivity contribution in [3.8, 4) is 11.3 Å². The fourth-order valence-electron chi connectivity index (χ4n) is 5.25. The van der Waals surface area contributed by atoms with Crippen LogP contribution in [-0.2, 0) is 11.2 Å². The number of hydrogen-bond donors (Lipinski definition) is 1. The molecular weight excluding hydrogens is 374 g/mol. The minimum atomic E-state index is -0.920. The molecule has 3 aromatic rings. The number of likely N-dealkylation sites (tertiary alicyclic amines) is 1. The molecule has 5 nitrogen and oxygen atoms in total. The van der Waals surface area contributed by atoms with Crippen LogP contribution in [0.5, 0.6) is 0 Å². The van der Waals surface area contributed by atoms with Gasteiger partial charge in [-0.05, 0) is 36.8 Å². The maximum absolute atomic E-state index is 12.7. The molecular formula is C25H27N3O2. The third kappa shape index (κ3) is 3.14. The fraction of sp³-hybridized carbons (Fsp3) is 0.360. The first-order chi connectivity index (χ1) is 14.6. The van der Waals surface area contributed by atoms with Crippen LogP contribution in [0.3, 0.4) is 0 Å². The number of benzene rings is 2. The molecule has 1 amide bonds. The second-order valence-electron chi connectivity index (χ2n) is 8.72. The summed E-state index contributed by atoms with van der Waals surface area (Å²) in [5.74, 6) is 0.284. The Bertz CT molecular complexity index is 1050. The first-order valence-corrected chi connectivity index (χ1v) is 10.7. The third-order valence-corrected chi connectivity index (χ3v) is 6.90. The van der Waals surface area contributed by atoms with E-state index in [1.807, 2.05) is 66.8 Å². The van der Waals surface area contributed by atoms with E-state index in [1.165, 1.54) is 0 Å². The van der Waals surface area contributed by atoms with Crippen LogP contribution in [0, 0.1) is 5.92 Å². The highest BCUT2D eigenvalue weighted by atomic mass is 16.3. The number of imidazole rings is 1.